The van der Waals surface area contributed by atoms with Crippen LogP contribution in [0.4, 0.5) is 0 Å². The van der Waals surface area contributed by atoms with Gasteiger partial charge in [0.2, 0.25) is 0 Å². The van der Waals surface area contributed by atoms with Crippen molar-refractivity contribution in [1.29, 1.82) is 0 Å². The Hall–Kier alpha value is -0.310. The van der Waals surface area contributed by atoms with Crippen molar-refractivity contribution in [1.82, 2.24) is 0 Å². The van der Waals surface area contributed by atoms with E-state index in [4.69, 9.17) is 0 Å². The first-order valence-electron chi connectivity index (χ1n) is 4.27. The molecule has 3 heteroatoms. The minimum atomic E-state index is -2.87. The maximum atomic E-state index is 11.3. The first-order valence-corrected chi connectivity index (χ1v) is 6.22. The van der Waals surface area contributed by atoms with Crippen molar-refractivity contribution >= 4 is 9.84 Å². The average Bonchev–Trinajstić information content (AvgIpc) is 1.92. The van der Waals surface area contributed by atoms with Crippen LogP contribution >= 0.6 is 0 Å². The summed E-state index contributed by atoms with van der Waals surface area (Å²) < 4.78 is 22.6. The molecule has 1 fully saturated rings. The Bertz CT molecular complexity index is 277. The number of hydrogen-bond acceptors (Lipinski definition) is 2. The quantitative estimate of drug-likeness (QED) is 0.588. The van der Waals surface area contributed by atoms with Gasteiger partial charge in [-0.3, -0.25) is 0 Å². The molecule has 0 aromatic carbocycles. The zero-order valence-corrected chi connectivity index (χ0v) is 8.52. The Morgan fingerprint density at radius 2 is 2.08 bits per heavy atom. The fourth-order valence-corrected chi connectivity index (χ4v) is 3.30. The maximum absolute atomic E-state index is 11.3. The molecule has 12 heavy (non-hydrogen) atoms. The summed E-state index contributed by atoms with van der Waals surface area (Å²) in [5, 5.41) is -0.182. The topological polar surface area (TPSA) is 34.1 Å². The van der Waals surface area contributed by atoms with Crippen molar-refractivity contribution in [2.24, 2.45) is 5.92 Å². The van der Waals surface area contributed by atoms with E-state index >= 15 is 0 Å². The van der Waals surface area contributed by atoms with E-state index in [2.05, 4.69) is 6.58 Å². The molecule has 0 aromatic heterocycles. The molecule has 0 heterocycles. The van der Waals surface area contributed by atoms with E-state index in [1.165, 1.54) is 6.26 Å². The van der Waals surface area contributed by atoms with Crippen LogP contribution in [0.15, 0.2) is 12.2 Å². The normalized spacial score (nSPS) is 32.0. The van der Waals surface area contributed by atoms with E-state index in [0.717, 1.165) is 18.4 Å². The number of allylic oxidation sites excluding steroid dienone is 1. The lowest BCUT2D eigenvalue weighted by atomic mass is 9.87. The molecule has 0 N–H and O–H groups in total. The highest BCUT2D eigenvalue weighted by molar-refractivity contribution is 7.91. The molecule has 0 saturated heterocycles. The van der Waals surface area contributed by atoms with E-state index in [1.54, 1.807) is 0 Å². The zero-order chi connectivity index (χ0) is 9.35. The van der Waals surface area contributed by atoms with Crippen molar-refractivity contribution < 1.29 is 8.42 Å². The predicted octanol–water partition coefficient (Wildman–Crippen LogP) is 1.78. The molecule has 0 amide bonds. The third-order valence-corrected chi connectivity index (χ3v) is 4.36. The molecule has 0 bridgehead atoms. The Balaban J connectivity index is 2.81. The van der Waals surface area contributed by atoms with Gasteiger partial charge in [-0.15, -0.1) is 0 Å². The third kappa shape index (κ3) is 2.09. The van der Waals surface area contributed by atoms with E-state index in [0.29, 0.717) is 12.3 Å². The monoisotopic (exact) mass is 188 g/mol. The van der Waals surface area contributed by atoms with E-state index < -0.39 is 9.84 Å². The minimum absolute atomic E-state index is 0.182. The van der Waals surface area contributed by atoms with Crippen LogP contribution in [-0.2, 0) is 9.84 Å². The predicted molar refractivity (Wildman–Crippen MR) is 50.8 cm³/mol. The summed E-state index contributed by atoms with van der Waals surface area (Å²) in [6.45, 7) is 5.86. The zero-order valence-electron chi connectivity index (χ0n) is 7.71. The largest absolute Gasteiger partial charge is 0.229 e. The molecular weight excluding hydrogens is 172 g/mol. The van der Waals surface area contributed by atoms with Crippen LogP contribution in [-0.4, -0.2) is 19.9 Å². The Morgan fingerprint density at radius 3 is 2.50 bits per heavy atom. The van der Waals surface area contributed by atoms with E-state index in [9.17, 15) is 8.42 Å². The second kappa shape index (κ2) is 3.21. The highest BCUT2D eigenvalue weighted by atomic mass is 32.2. The summed E-state index contributed by atoms with van der Waals surface area (Å²) in [5.74, 6) is 0.297. The van der Waals surface area contributed by atoms with Gasteiger partial charge >= 0.3 is 0 Å². The second-order valence-electron chi connectivity index (χ2n) is 3.84. The van der Waals surface area contributed by atoms with Crippen LogP contribution in [0, 0.1) is 5.92 Å². The van der Waals surface area contributed by atoms with Crippen molar-refractivity contribution in [2.45, 2.75) is 31.4 Å². The summed E-state index contributed by atoms with van der Waals surface area (Å²) in [4.78, 5) is 0. The van der Waals surface area contributed by atoms with Gasteiger partial charge in [-0.05, 0) is 25.2 Å². The first-order chi connectivity index (χ1) is 5.41. The van der Waals surface area contributed by atoms with Crippen LogP contribution in [0.2, 0.25) is 0 Å². The Morgan fingerprint density at radius 1 is 1.50 bits per heavy atom. The summed E-state index contributed by atoms with van der Waals surface area (Å²) in [6.07, 6.45) is 3.95. The minimum Gasteiger partial charge on any atom is -0.229 e. The molecule has 0 aliphatic heterocycles. The summed E-state index contributed by atoms with van der Waals surface area (Å²) >= 11 is 0. The van der Waals surface area contributed by atoms with Gasteiger partial charge in [-0.2, -0.15) is 0 Å². The van der Waals surface area contributed by atoms with Gasteiger partial charge in [0.15, 0.2) is 9.84 Å². The van der Waals surface area contributed by atoms with E-state index in [-0.39, 0.29) is 5.25 Å². The lowest BCUT2D eigenvalue weighted by molar-refractivity contribution is 0.436. The smallest absolute Gasteiger partial charge is 0.150 e. The fraction of sp³-hybridized carbons (Fsp3) is 0.778. The summed E-state index contributed by atoms with van der Waals surface area (Å²) in [7, 11) is -2.87. The molecule has 0 spiro atoms. The molecule has 1 saturated carbocycles. The summed E-state index contributed by atoms with van der Waals surface area (Å²) in [6, 6.07) is 0. The van der Waals surface area contributed by atoms with Crippen LogP contribution in [0.5, 0.6) is 0 Å². The van der Waals surface area contributed by atoms with Gasteiger partial charge in [0, 0.05) is 6.26 Å². The first kappa shape index (κ1) is 9.78. The molecule has 1 aliphatic rings. The van der Waals surface area contributed by atoms with Crippen LogP contribution in [0.1, 0.15) is 26.2 Å². The fourth-order valence-electron chi connectivity index (χ4n) is 1.78. The van der Waals surface area contributed by atoms with Gasteiger partial charge in [-0.25, -0.2) is 8.42 Å². The highest BCUT2D eigenvalue weighted by Gasteiger charge is 2.30. The number of sulfone groups is 1. The van der Waals surface area contributed by atoms with Crippen molar-refractivity contribution in [3.63, 3.8) is 0 Å². The Labute approximate surface area is 74.6 Å². The second-order valence-corrected chi connectivity index (χ2v) is 6.10. The van der Waals surface area contributed by atoms with Crippen LogP contribution < -0.4 is 0 Å². The average molecular weight is 188 g/mol. The van der Waals surface area contributed by atoms with Crippen molar-refractivity contribution in [2.75, 3.05) is 6.26 Å². The Kier molecular flexibility index (Phi) is 2.61. The molecule has 1 aliphatic carbocycles. The lowest BCUT2D eigenvalue weighted by Gasteiger charge is -2.28. The van der Waals surface area contributed by atoms with Crippen molar-refractivity contribution in [3.8, 4) is 0 Å². The molecule has 2 nitrogen and oxygen atoms in total. The molecule has 70 valence electrons. The van der Waals surface area contributed by atoms with Gasteiger partial charge in [0.25, 0.3) is 0 Å². The maximum Gasteiger partial charge on any atom is 0.150 e. The van der Waals surface area contributed by atoms with Crippen LogP contribution in [0.3, 0.4) is 0 Å². The molecule has 2 atom stereocenters. The van der Waals surface area contributed by atoms with Crippen molar-refractivity contribution in [3.05, 3.63) is 12.2 Å². The SMILES string of the molecule is C=C1CCC(C)C(S(C)(=O)=O)C1. The third-order valence-electron chi connectivity index (χ3n) is 2.63. The van der Waals surface area contributed by atoms with E-state index in [1.807, 2.05) is 6.92 Å². The number of rotatable bonds is 1. The molecule has 2 unspecified atom stereocenters. The standard InChI is InChI=1S/C9H16O2S/c1-7-4-5-8(2)9(6-7)12(3,10)11/h8-9H,1,4-6H2,2-3H3. The van der Waals surface area contributed by atoms with Gasteiger partial charge in [0.1, 0.15) is 0 Å². The van der Waals surface area contributed by atoms with Gasteiger partial charge in [-0.1, -0.05) is 19.1 Å². The van der Waals surface area contributed by atoms with Gasteiger partial charge in [0.05, 0.1) is 5.25 Å². The lowest BCUT2D eigenvalue weighted by Crippen LogP contribution is -2.31. The van der Waals surface area contributed by atoms with Crippen LogP contribution in [0.25, 0.3) is 0 Å². The molecule has 0 radical (unpaired) electrons. The summed E-state index contributed by atoms with van der Waals surface area (Å²) in [5.41, 5.74) is 1.09. The molecule has 1 rings (SSSR count). The van der Waals surface area contributed by atoms with Gasteiger partial charge < -0.3 is 0 Å². The number of hydrogen-bond donors (Lipinski definition) is 0. The molecular formula is C9H16O2S. The molecule has 0 aromatic rings. The highest BCUT2D eigenvalue weighted by Crippen LogP contribution is 2.31.